The van der Waals surface area contributed by atoms with Crippen LogP contribution in [0.5, 0.6) is 0 Å². The lowest BCUT2D eigenvalue weighted by atomic mass is 10.6. The number of alkyl halides is 3. The predicted molar refractivity (Wildman–Crippen MR) is 30.6 cm³/mol. The summed E-state index contributed by atoms with van der Waals surface area (Å²) >= 11 is 0. The molecule has 0 aliphatic heterocycles. The molecule has 0 unspecified atom stereocenters. The Kier molecular flexibility index (Phi) is 2.22. The number of nitrogens with zero attached hydrogens (tertiary/aromatic N) is 2. The summed E-state index contributed by atoms with van der Waals surface area (Å²) in [5, 5.41) is 5.46. The van der Waals surface area contributed by atoms with Crippen molar-refractivity contribution in [3.8, 4) is 0 Å². The molecule has 0 aliphatic rings. The molecule has 0 spiro atoms. The van der Waals surface area contributed by atoms with Crippen LogP contribution < -0.4 is 0 Å². The Morgan fingerprint density at radius 1 is 1.46 bits per heavy atom. The Morgan fingerprint density at radius 3 is 2.46 bits per heavy atom. The van der Waals surface area contributed by atoms with E-state index in [1.807, 2.05) is 0 Å². The van der Waals surface area contributed by atoms with Crippen molar-refractivity contribution >= 4 is 5.97 Å². The van der Waals surface area contributed by atoms with Crippen molar-refractivity contribution in [1.29, 1.82) is 0 Å². The smallest absolute Gasteiger partial charge is 0.462 e. The highest BCUT2D eigenvalue weighted by molar-refractivity contribution is 5.83. The molecule has 1 aromatic heterocycles. The summed E-state index contributed by atoms with van der Waals surface area (Å²) in [6, 6.07) is 0. The van der Waals surface area contributed by atoms with Gasteiger partial charge in [-0.2, -0.15) is 13.2 Å². The molecule has 1 heterocycles. The maximum atomic E-state index is 11.8. The van der Waals surface area contributed by atoms with Crippen LogP contribution in [0.2, 0.25) is 0 Å². The van der Waals surface area contributed by atoms with Gasteiger partial charge in [0.2, 0.25) is 0 Å². The highest BCUT2D eigenvalue weighted by atomic mass is 19.4. The van der Waals surface area contributed by atoms with Crippen molar-refractivity contribution in [2.24, 2.45) is 0 Å². The molecule has 0 aromatic carbocycles. The lowest BCUT2D eigenvalue weighted by molar-refractivity contribution is -0.157. The Bertz CT molecular complexity index is 319. The van der Waals surface area contributed by atoms with E-state index in [9.17, 15) is 18.0 Å². The molecule has 5 nitrogen and oxygen atoms in total. The highest BCUT2D eigenvalue weighted by Crippen LogP contribution is 2.27. The van der Waals surface area contributed by atoms with Crippen molar-refractivity contribution in [3.05, 3.63) is 11.8 Å². The molecule has 0 atom stereocenters. The quantitative estimate of drug-likeness (QED) is 0.623. The molecular weight excluding hydrogens is 193 g/mol. The Hall–Kier alpha value is -1.60. The summed E-state index contributed by atoms with van der Waals surface area (Å²) in [4.78, 5) is 10.6. The van der Waals surface area contributed by atoms with E-state index in [0.717, 1.165) is 7.11 Å². The van der Waals surface area contributed by atoms with Crippen molar-refractivity contribution in [2.45, 2.75) is 6.18 Å². The number of hydrogen-bond donors (Lipinski definition) is 0. The molecule has 0 fully saturated rings. The predicted octanol–water partition coefficient (Wildman–Crippen LogP) is 0.875. The van der Waals surface area contributed by atoms with Gasteiger partial charge in [-0.1, -0.05) is 0 Å². The van der Waals surface area contributed by atoms with Crippen LogP contribution in [0, 0.1) is 0 Å². The van der Waals surface area contributed by atoms with Crippen LogP contribution in [0.3, 0.4) is 0 Å². The van der Waals surface area contributed by atoms with E-state index < -0.39 is 23.9 Å². The number of esters is 1. The zero-order valence-electron chi connectivity index (χ0n) is 6.25. The third-order valence-corrected chi connectivity index (χ3v) is 1.03. The van der Waals surface area contributed by atoms with E-state index in [-0.39, 0.29) is 0 Å². The van der Waals surface area contributed by atoms with Crippen LogP contribution in [0.1, 0.15) is 16.6 Å². The molecule has 72 valence electrons. The van der Waals surface area contributed by atoms with E-state index in [2.05, 4.69) is 19.4 Å². The zero-order valence-corrected chi connectivity index (χ0v) is 6.25. The fraction of sp³-hybridized carbons (Fsp3) is 0.400. The zero-order chi connectivity index (χ0) is 10.1. The van der Waals surface area contributed by atoms with E-state index in [1.54, 1.807) is 0 Å². The van der Waals surface area contributed by atoms with Crippen LogP contribution in [0.4, 0.5) is 13.2 Å². The molecule has 0 N–H and O–H groups in total. The van der Waals surface area contributed by atoms with Crippen LogP contribution in [-0.4, -0.2) is 23.3 Å². The molecule has 0 radical (unpaired) electrons. The maximum Gasteiger partial charge on any atom is 0.470 e. The molecule has 8 heteroatoms. The average molecular weight is 196 g/mol. The minimum absolute atomic E-state index is 0.824. The van der Waals surface area contributed by atoms with Gasteiger partial charge < -0.3 is 9.15 Å². The first-order chi connectivity index (χ1) is 5.95. The number of rotatable bonds is 1. The summed E-state index contributed by atoms with van der Waals surface area (Å²) in [5.41, 5.74) is 0. The van der Waals surface area contributed by atoms with Gasteiger partial charge in [-0.25, -0.2) is 4.79 Å². The van der Waals surface area contributed by atoms with Gasteiger partial charge in [-0.05, 0) is 0 Å². The van der Waals surface area contributed by atoms with Gasteiger partial charge in [-0.3, -0.25) is 0 Å². The summed E-state index contributed by atoms with van der Waals surface area (Å²) in [6.07, 6.45) is -4.75. The van der Waals surface area contributed by atoms with Gasteiger partial charge in [-0.15, -0.1) is 10.2 Å². The molecule has 0 saturated carbocycles. The summed E-state index contributed by atoms with van der Waals surface area (Å²) < 4.78 is 43.5. The van der Waals surface area contributed by atoms with Crippen LogP contribution in [0.15, 0.2) is 4.42 Å². The molecule has 1 aromatic rings. The molecule has 0 bridgehead atoms. The van der Waals surface area contributed by atoms with E-state index in [1.165, 1.54) is 0 Å². The van der Waals surface area contributed by atoms with Gasteiger partial charge in [0.05, 0.1) is 7.11 Å². The van der Waals surface area contributed by atoms with E-state index >= 15 is 0 Å². The second kappa shape index (κ2) is 3.04. The molecule has 0 aliphatic carbocycles. The monoisotopic (exact) mass is 196 g/mol. The van der Waals surface area contributed by atoms with Crippen LogP contribution in [0.25, 0.3) is 0 Å². The number of hydrogen-bond acceptors (Lipinski definition) is 5. The average Bonchev–Trinajstić information content (AvgIpc) is 2.50. The normalized spacial score (nSPS) is 11.4. The Morgan fingerprint density at radius 2 is 2.08 bits per heavy atom. The number of carbonyl (C=O) groups is 1. The first kappa shape index (κ1) is 9.49. The molecule has 0 amide bonds. The minimum atomic E-state index is -4.75. The second-order valence-corrected chi connectivity index (χ2v) is 1.90. The first-order valence-electron chi connectivity index (χ1n) is 2.94. The van der Waals surface area contributed by atoms with Crippen LogP contribution in [-0.2, 0) is 10.9 Å². The van der Waals surface area contributed by atoms with Gasteiger partial charge in [0.1, 0.15) is 0 Å². The first-order valence-corrected chi connectivity index (χ1v) is 2.94. The fourth-order valence-electron chi connectivity index (χ4n) is 0.508. The summed E-state index contributed by atoms with van der Waals surface area (Å²) in [6.45, 7) is 0. The number of ether oxygens (including phenoxy) is 1. The Labute approximate surface area is 69.5 Å². The molecule has 0 saturated heterocycles. The van der Waals surface area contributed by atoms with Gasteiger partial charge in [0.15, 0.2) is 0 Å². The lowest BCUT2D eigenvalue weighted by Gasteiger charge is -1.96. The third-order valence-electron chi connectivity index (χ3n) is 1.03. The van der Waals surface area contributed by atoms with Gasteiger partial charge in [0, 0.05) is 0 Å². The maximum absolute atomic E-state index is 11.8. The Balaban J connectivity index is 2.93. The summed E-state index contributed by atoms with van der Waals surface area (Å²) in [7, 11) is 0.986. The number of halogens is 3. The number of carbonyl (C=O) groups excluding carboxylic acids is 1. The van der Waals surface area contributed by atoms with Crippen molar-refractivity contribution in [2.75, 3.05) is 7.11 Å². The molecule has 1 rings (SSSR count). The van der Waals surface area contributed by atoms with E-state index in [4.69, 9.17) is 0 Å². The van der Waals surface area contributed by atoms with Crippen molar-refractivity contribution in [3.63, 3.8) is 0 Å². The van der Waals surface area contributed by atoms with Gasteiger partial charge >= 0.3 is 23.9 Å². The number of methoxy groups -OCH3 is 1. The minimum Gasteiger partial charge on any atom is -0.462 e. The molecule has 13 heavy (non-hydrogen) atoms. The third kappa shape index (κ3) is 1.95. The lowest BCUT2D eigenvalue weighted by Crippen LogP contribution is -2.05. The number of aromatic nitrogens is 2. The van der Waals surface area contributed by atoms with Crippen LogP contribution >= 0.6 is 0 Å². The second-order valence-electron chi connectivity index (χ2n) is 1.90. The SMILES string of the molecule is COC(=O)c1nnc(C(F)(F)F)o1. The fourth-order valence-corrected chi connectivity index (χ4v) is 0.508. The standard InChI is InChI=1S/C5H3F3N2O3/c1-12-3(11)2-9-10-4(13-2)5(6,7)8/h1H3. The van der Waals surface area contributed by atoms with E-state index in [0.29, 0.717) is 0 Å². The van der Waals surface area contributed by atoms with Crippen molar-refractivity contribution < 1.29 is 27.1 Å². The molecular formula is C5H3F3N2O3. The largest absolute Gasteiger partial charge is 0.470 e. The topological polar surface area (TPSA) is 65.2 Å². The van der Waals surface area contributed by atoms with Gasteiger partial charge in [0.25, 0.3) is 0 Å². The summed E-state index contributed by atoms with van der Waals surface area (Å²) in [5.74, 6) is -3.51. The van der Waals surface area contributed by atoms with Crippen molar-refractivity contribution in [1.82, 2.24) is 10.2 Å². The highest BCUT2D eigenvalue weighted by Gasteiger charge is 2.38.